The van der Waals surface area contributed by atoms with E-state index in [4.69, 9.17) is 11.2 Å². The Morgan fingerprint density at radius 3 is 2.67 bits per heavy atom. The second-order valence-corrected chi connectivity index (χ2v) is 4.76. The molecule has 9 heavy (non-hydrogen) atoms. The van der Waals surface area contributed by atoms with Gasteiger partial charge in [0.25, 0.3) is 0 Å². The topological polar surface area (TPSA) is 20.3 Å². The van der Waals surface area contributed by atoms with Crippen LogP contribution in [0.5, 0.6) is 0 Å². The number of amides is 1. The van der Waals surface area contributed by atoms with Crippen LogP contribution in [0.1, 0.15) is 12.8 Å². The van der Waals surface area contributed by atoms with Crippen molar-refractivity contribution in [2.45, 2.75) is 12.8 Å². The Bertz CT molecular complexity index is 157. The zero-order chi connectivity index (χ0) is 6.85. The predicted molar refractivity (Wildman–Crippen MR) is 41.6 cm³/mol. The molecule has 52 valence electrons. The van der Waals surface area contributed by atoms with Crippen LogP contribution in [0.15, 0.2) is 0 Å². The van der Waals surface area contributed by atoms with Gasteiger partial charge in [0.2, 0.25) is 5.91 Å². The highest BCUT2D eigenvalue weighted by atomic mass is 32.8. The van der Waals surface area contributed by atoms with Crippen molar-refractivity contribution in [1.29, 1.82) is 0 Å². The van der Waals surface area contributed by atoms with E-state index in [2.05, 4.69) is 0 Å². The van der Waals surface area contributed by atoms with E-state index in [0.717, 1.165) is 13.0 Å². The third-order valence-electron chi connectivity index (χ3n) is 1.34. The van der Waals surface area contributed by atoms with E-state index in [0.29, 0.717) is 6.42 Å². The van der Waals surface area contributed by atoms with E-state index in [1.807, 2.05) is 6.26 Å². The van der Waals surface area contributed by atoms with Gasteiger partial charge >= 0.3 is 0 Å². The highest BCUT2D eigenvalue weighted by Gasteiger charge is 2.20. The minimum Gasteiger partial charge on any atom is -0.284 e. The van der Waals surface area contributed by atoms with Crippen LogP contribution in [-0.2, 0) is 25.6 Å². The van der Waals surface area contributed by atoms with Crippen LogP contribution in [0, 0.1) is 0 Å². The first kappa shape index (κ1) is 7.15. The molecule has 1 rings (SSSR count). The van der Waals surface area contributed by atoms with E-state index in [1.54, 1.807) is 4.31 Å². The first-order valence-corrected chi connectivity index (χ1v) is 5.37. The van der Waals surface area contributed by atoms with Crippen molar-refractivity contribution in [2.75, 3.05) is 12.8 Å². The molecule has 0 aromatic carbocycles. The SMILES string of the molecule is CS(=S)N1CCCC1=O. The van der Waals surface area contributed by atoms with E-state index in [9.17, 15) is 4.79 Å². The molecule has 0 aromatic rings. The van der Waals surface area contributed by atoms with Crippen molar-refractivity contribution in [2.24, 2.45) is 0 Å². The van der Waals surface area contributed by atoms with Gasteiger partial charge < -0.3 is 0 Å². The van der Waals surface area contributed by atoms with Gasteiger partial charge in [-0.25, -0.2) is 0 Å². The van der Waals surface area contributed by atoms with Crippen LogP contribution in [0.2, 0.25) is 0 Å². The second-order valence-electron chi connectivity index (χ2n) is 2.02. The fourth-order valence-electron chi connectivity index (χ4n) is 0.895. The molecule has 1 unspecified atom stereocenters. The zero-order valence-electron chi connectivity index (χ0n) is 5.29. The number of carbonyl (C=O) groups excluding carboxylic acids is 1. The Balaban J connectivity index is 2.60. The summed E-state index contributed by atoms with van der Waals surface area (Å²) in [5.74, 6) is 0.232. The molecule has 0 saturated carbocycles. The molecule has 0 bridgehead atoms. The monoisotopic (exact) mass is 163 g/mol. The molecule has 2 nitrogen and oxygen atoms in total. The lowest BCUT2D eigenvalue weighted by molar-refractivity contribution is -0.123. The molecule has 1 heterocycles. The van der Waals surface area contributed by atoms with Gasteiger partial charge in [-0.1, -0.05) is 0 Å². The summed E-state index contributed by atoms with van der Waals surface area (Å²) >= 11 is 4.95. The van der Waals surface area contributed by atoms with Gasteiger partial charge in [0.1, 0.15) is 0 Å². The van der Waals surface area contributed by atoms with Gasteiger partial charge in [0, 0.05) is 19.2 Å². The summed E-state index contributed by atoms with van der Waals surface area (Å²) in [4.78, 5) is 10.9. The van der Waals surface area contributed by atoms with Crippen LogP contribution in [-0.4, -0.2) is 23.0 Å². The first-order valence-electron chi connectivity index (χ1n) is 2.86. The Morgan fingerprint density at radius 2 is 2.44 bits per heavy atom. The molecule has 0 spiro atoms. The first-order chi connectivity index (χ1) is 4.22. The maximum absolute atomic E-state index is 10.9. The van der Waals surface area contributed by atoms with Crippen LogP contribution in [0.25, 0.3) is 0 Å². The molecule has 0 radical (unpaired) electrons. The minimum atomic E-state index is -0.254. The second kappa shape index (κ2) is 2.75. The summed E-state index contributed by atoms with van der Waals surface area (Å²) in [5.41, 5.74) is 0. The lowest BCUT2D eigenvalue weighted by atomic mass is 10.4. The summed E-state index contributed by atoms with van der Waals surface area (Å²) in [6.07, 6.45) is 3.60. The maximum atomic E-state index is 10.9. The smallest absolute Gasteiger partial charge is 0.232 e. The Kier molecular flexibility index (Phi) is 2.18. The van der Waals surface area contributed by atoms with Crippen molar-refractivity contribution in [3.8, 4) is 0 Å². The van der Waals surface area contributed by atoms with Gasteiger partial charge in [-0.05, 0) is 27.2 Å². The molecule has 1 fully saturated rings. The standard InChI is InChI=1S/C5H9NOS2/c1-9(8)6-4-2-3-5(6)7/h2-4H2,1H3. The van der Waals surface area contributed by atoms with Crippen molar-refractivity contribution in [1.82, 2.24) is 4.31 Å². The molecule has 1 aliphatic heterocycles. The number of nitrogens with zero attached hydrogens (tertiary/aromatic N) is 1. The summed E-state index contributed by atoms with van der Waals surface area (Å²) < 4.78 is 1.77. The van der Waals surface area contributed by atoms with Gasteiger partial charge in [-0.3, -0.25) is 9.10 Å². The average molecular weight is 163 g/mol. The molecular weight excluding hydrogens is 154 g/mol. The van der Waals surface area contributed by atoms with E-state index < -0.39 is 0 Å². The highest BCUT2D eigenvalue weighted by Crippen LogP contribution is 2.10. The van der Waals surface area contributed by atoms with Gasteiger partial charge in [0.05, 0.1) is 0 Å². The van der Waals surface area contributed by atoms with Gasteiger partial charge in [-0.2, -0.15) is 0 Å². The molecule has 0 aliphatic carbocycles. The van der Waals surface area contributed by atoms with Gasteiger partial charge in [-0.15, -0.1) is 0 Å². The molecule has 0 N–H and O–H groups in total. The maximum Gasteiger partial charge on any atom is 0.232 e. The van der Waals surface area contributed by atoms with Crippen LogP contribution >= 0.6 is 0 Å². The fourth-order valence-corrected chi connectivity index (χ4v) is 2.13. The quantitative estimate of drug-likeness (QED) is 0.551. The zero-order valence-corrected chi connectivity index (χ0v) is 6.93. The number of rotatable bonds is 1. The Hall–Kier alpha value is 0.0400. The summed E-state index contributed by atoms with van der Waals surface area (Å²) in [5, 5.41) is 0. The van der Waals surface area contributed by atoms with E-state index in [1.165, 1.54) is 0 Å². The molecular formula is C5H9NOS2. The lowest BCUT2D eigenvalue weighted by Crippen LogP contribution is -2.24. The van der Waals surface area contributed by atoms with Crippen molar-refractivity contribution >= 4 is 26.7 Å². The number of carbonyl (C=O) groups is 1. The minimum absolute atomic E-state index is 0.232. The van der Waals surface area contributed by atoms with Crippen LogP contribution in [0.4, 0.5) is 0 Å². The van der Waals surface area contributed by atoms with E-state index in [-0.39, 0.29) is 15.5 Å². The van der Waals surface area contributed by atoms with Crippen molar-refractivity contribution in [3.63, 3.8) is 0 Å². The third kappa shape index (κ3) is 1.49. The summed E-state index contributed by atoms with van der Waals surface area (Å²) in [7, 11) is -0.254. The summed E-state index contributed by atoms with van der Waals surface area (Å²) in [6.45, 7) is 0.877. The van der Waals surface area contributed by atoms with Crippen molar-refractivity contribution < 1.29 is 4.79 Å². The lowest BCUT2D eigenvalue weighted by Gasteiger charge is -2.12. The number of hydrogen-bond donors (Lipinski definition) is 0. The molecule has 1 atom stereocenters. The molecule has 1 saturated heterocycles. The van der Waals surface area contributed by atoms with Crippen LogP contribution < -0.4 is 0 Å². The summed E-state index contributed by atoms with van der Waals surface area (Å²) in [6, 6.07) is 0. The molecule has 0 aromatic heterocycles. The molecule has 1 amide bonds. The highest BCUT2D eigenvalue weighted by molar-refractivity contribution is 8.27. The number of hydrogen-bond acceptors (Lipinski definition) is 2. The third-order valence-corrected chi connectivity index (χ3v) is 2.89. The predicted octanol–water partition coefficient (Wildman–Crippen LogP) is 0.234. The average Bonchev–Trinajstić information content (AvgIpc) is 2.13. The molecule has 1 aliphatic rings. The molecule has 4 heteroatoms. The van der Waals surface area contributed by atoms with Crippen LogP contribution in [0.3, 0.4) is 0 Å². The van der Waals surface area contributed by atoms with Gasteiger partial charge in [0.15, 0.2) is 0 Å². The largest absolute Gasteiger partial charge is 0.284 e. The van der Waals surface area contributed by atoms with E-state index >= 15 is 0 Å². The van der Waals surface area contributed by atoms with Crippen molar-refractivity contribution in [3.05, 3.63) is 0 Å². The normalized spacial score (nSPS) is 22.8. The Labute approximate surface area is 62.0 Å². The Morgan fingerprint density at radius 1 is 1.78 bits per heavy atom. The fraction of sp³-hybridized carbons (Fsp3) is 0.800.